The Labute approximate surface area is 142 Å². The van der Waals surface area contributed by atoms with Crippen molar-refractivity contribution in [2.24, 2.45) is 0 Å². The van der Waals surface area contributed by atoms with Crippen LogP contribution in [0.2, 0.25) is 0 Å². The van der Waals surface area contributed by atoms with Crippen LogP contribution in [0.4, 0.5) is 26.3 Å². The van der Waals surface area contributed by atoms with Gasteiger partial charge < -0.3 is 19.3 Å². The molecule has 1 N–H and O–H groups in total. The summed E-state index contributed by atoms with van der Waals surface area (Å²) in [7, 11) is 0. The van der Waals surface area contributed by atoms with Gasteiger partial charge in [0.05, 0.1) is 25.0 Å². The zero-order valence-corrected chi connectivity index (χ0v) is 13.0. The number of aliphatic hydroxyl groups is 1. The fraction of sp³-hybridized carbons (Fsp3) is 0.667. The molecule has 1 saturated carbocycles. The highest BCUT2D eigenvalue weighted by Gasteiger charge is 2.62. The number of halogens is 6. The summed E-state index contributed by atoms with van der Waals surface area (Å²) in [6, 6.07) is 0. The molecule has 2 atom stereocenters. The first-order valence-electron chi connectivity index (χ1n) is 7.80. The molecule has 4 rings (SSSR count). The van der Waals surface area contributed by atoms with Crippen molar-refractivity contribution in [3.05, 3.63) is 23.0 Å². The largest absolute Gasteiger partial charge is 0.488 e. The second-order valence-corrected chi connectivity index (χ2v) is 6.47. The molecule has 0 radical (unpaired) electrons. The van der Waals surface area contributed by atoms with Crippen LogP contribution < -0.4 is 4.74 Å². The maximum absolute atomic E-state index is 14.7. The Bertz CT molecular complexity index is 726. The van der Waals surface area contributed by atoms with E-state index < -0.39 is 65.9 Å². The van der Waals surface area contributed by atoms with Crippen LogP contribution in [0, 0.1) is 0 Å². The average Bonchev–Trinajstić information content (AvgIpc) is 3.07. The van der Waals surface area contributed by atoms with E-state index in [1.54, 1.807) is 0 Å². The first-order chi connectivity index (χ1) is 12.1. The van der Waals surface area contributed by atoms with Gasteiger partial charge in [0.15, 0.2) is 11.9 Å². The van der Waals surface area contributed by atoms with Crippen LogP contribution in [0.5, 0.6) is 5.75 Å². The van der Waals surface area contributed by atoms with E-state index in [0.29, 0.717) is 6.20 Å². The Morgan fingerprint density at radius 2 is 1.81 bits per heavy atom. The second-order valence-electron chi connectivity index (χ2n) is 6.47. The molecule has 0 amide bonds. The number of hydrogen-bond acceptors (Lipinski definition) is 5. The highest BCUT2D eigenvalue weighted by atomic mass is 19.4. The smallest absolute Gasteiger partial charge is 0.433 e. The highest BCUT2D eigenvalue weighted by Crippen LogP contribution is 2.56. The Kier molecular flexibility index (Phi) is 3.74. The third-order valence-corrected chi connectivity index (χ3v) is 4.70. The molecule has 11 heteroatoms. The third kappa shape index (κ3) is 2.48. The SMILES string of the molecule is O[C@H]1c2c(OC3CC(F)(F)C3)cnc(C(F)(F)F)c2C2(OCCO2)[C@@H]1F. The molecule has 2 fully saturated rings. The summed E-state index contributed by atoms with van der Waals surface area (Å²) in [5.74, 6) is -5.76. The van der Waals surface area contributed by atoms with E-state index in [1.165, 1.54) is 0 Å². The van der Waals surface area contributed by atoms with Gasteiger partial charge in [-0.25, -0.2) is 18.2 Å². The van der Waals surface area contributed by atoms with Crippen LogP contribution in [0.1, 0.15) is 35.8 Å². The molecule has 1 aromatic rings. The van der Waals surface area contributed by atoms with Gasteiger partial charge in [0.25, 0.3) is 5.92 Å². The minimum absolute atomic E-state index is 0.177. The highest BCUT2D eigenvalue weighted by molar-refractivity contribution is 5.51. The van der Waals surface area contributed by atoms with Gasteiger partial charge in [-0.2, -0.15) is 13.2 Å². The van der Waals surface area contributed by atoms with Crippen molar-refractivity contribution in [2.75, 3.05) is 13.2 Å². The van der Waals surface area contributed by atoms with Crippen LogP contribution in [-0.4, -0.2) is 41.5 Å². The number of alkyl halides is 6. The Morgan fingerprint density at radius 3 is 2.35 bits per heavy atom. The predicted molar refractivity (Wildman–Crippen MR) is 71.3 cm³/mol. The van der Waals surface area contributed by atoms with Crippen molar-refractivity contribution in [1.82, 2.24) is 4.98 Å². The van der Waals surface area contributed by atoms with E-state index in [0.717, 1.165) is 0 Å². The lowest BCUT2D eigenvalue weighted by atomic mass is 9.91. The van der Waals surface area contributed by atoms with Crippen LogP contribution >= 0.6 is 0 Å². The number of rotatable bonds is 2. The Morgan fingerprint density at radius 1 is 1.19 bits per heavy atom. The van der Waals surface area contributed by atoms with Gasteiger partial charge in [-0.3, -0.25) is 0 Å². The van der Waals surface area contributed by atoms with Gasteiger partial charge in [-0.1, -0.05) is 0 Å². The van der Waals surface area contributed by atoms with E-state index in [-0.39, 0.29) is 19.0 Å². The molecule has 2 heterocycles. The first kappa shape index (κ1) is 17.8. The number of nitrogens with zero attached hydrogens (tertiary/aromatic N) is 1. The average molecular weight is 385 g/mol. The molecule has 0 unspecified atom stereocenters. The topological polar surface area (TPSA) is 60.8 Å². The molecule has 0 bridgehead atoms. The molecule has 1 spiro atoms. The van der Waals surface area contributed by atoms with Gasteiger partial charge in [0.1, 0.15) is 18.0 Å². The minimum Gasteiger partial charge on any atom is -0.488 e. The minimum atomic E-state index is -4.97. The molecular weight excluding hydrogens is 372 g/mol. The summed E-state index contributed by atoms with van der Waals surface area (Å²) in [5.41, 5.74) is -2.80. The first-order valence-corrected chi connectivity index (χ1v) is 7.80. The number of ether oxygens (including phenoxy) is 3. The maximum Gasteiger partial charge on any atom is 0.433 e. The van der Waals surface area contributed by atoms with E-state index in [1.807, 2.05) is 0 Å². The van der Waals surface area contributed by atoms with Crippen molar-refractivity contribution in [3.63, 3.8) is 0 Å². The number of aromatic nitrogens is 1. The lowest BCUT2D eigenvalue weighted by Gasteiger charge is -2.35. The fourth-order valence-corrected chi connectivity index (χ4v) is 3.56. The van der Waals surface area contributed by atoms with E-state index >= 15 is 0 Å². The third-order valence-electron chi connectivity index (χ3n) is 4.70. The normalized spacial score (nSPS) is 29.7. The van der Waals surface area contributed by atoms with Crippen molar-refractivity contribution >= 4 is 0 Å². The summed E-state index contributed by atoms with van der Waals surface area (Å²) in [6.07, 6.45) is -10.9. The number of pyridine rings is 1. The number of fused-ring (bicyclic) bond motifs is 2. The summed E-state index contributed by atoms with van der Waals surface area (Å²) in [4.78, 5) is 3.28. The van der Waals surface area contributed by atoms with Crippen LogP contribution in [0.25, 0.3) is 0 Å². The van der Waals surface area contributed by atoms with Crippen molar-refractivity contribution in [2.45, 2.75) is 49.1 Å². The van der Waals surface area contributed by atoms with E-state index in [9.17, 15) is 31.4 Å². The van der Waals surface area contributed by atoms with Crippen molar-refractivity contribution in [3.8, 4) is 5.75 Å². The lowest BCUT2D eigenvalue weighted by Crippen LogP contribution is -2.43. The van der Waals surface area contributed by atoms with E-state index in [4.69, 9.17) is 14.2 Å². The fourth-order valence-electron chi connectivity index (χ4n) is 3.56. The summed E-state index contributed by atoms with van der Waals surface area (Å²) in [6.45, 7) is -0.354. The molecule has 2 aliphatic carbocycles. The van der Waals surface area contributed by atoms with Crippen molar-refractivity contribution < 1.29 is 45.7 Å². The number of aliphatic hydroxyl groups excluding tert-OH is 1. The van der Waals surface area contributed by atoms with Gasteiger partial charge in [-0.15, -0.1) is 0 Å². The Hall–Kier alpha value is -1.59. The predicted octanol–water partition coefficient (Wildman–Crippen LogP) is 2.86. The lowest BCUT2D eigenvalue weighted by molar-refractivity contribution is -0.222. The van der Waals surface area contributed by atoms with Gasteiger partial charge >= 0.3 is 6.18 Å². The van der Waals surface area contributed by atoms with Crippen LogP contribution in [0.3, 0.4) is 0 Å². The van der Waals surface area contributed by atoms with Crippen molar-refractivity contribution in [1.29, 1.82) is 0 Å². The van der Waals surface area contributed by atoms with Crippen LogP contribution in [0.15, 0.2) is 6.20 Å². The molecule has 3 aliphatic rings. The standard InChI is InChI=1S/C15H13F6NO4/c16-11-10(23)8-7(26-6-3-13(17,18)4-6)5-22-12(15(19,20)21)9(8)14(11)24-1-2-25-14/h5-6,10-11,23H,1-4H2/t10-,11+/m0/s1. The molecule has 1 saturated heterocycles. The zero-order valence-electron chi connectivity index (χ0n) is 13.0. The molecule has 0 aromatic carbocycles. The van der Waals surface area contributed by atoms with Gasteiger partial charge in [0.2, 0.25) is 5.79 Å². The van der Waals surface area contributed by atoms with Gasteiger partial charge in [-0.05, 0) is 0 Å². The molecule has 26 heavy (non-hydrogen) atoms. The molecule has 144 valence electrons. The zero-order chi connectivity index (χ0) is 18.9. The monoisotopic (exact) mass is 385 g/mol. The quantitative estimate of drug-likeness (QED) is 0.794. The van der Waals surface area contributed by atoms with Gasteiger partial charge in [0, 0.05) is 18.4 Å². The Balaban J connectivity index is 1.82. The second kappa shape index (κ2) is 5.46. The van der Waals surface area contributed by atoms with Crippen LogP contribution in [-0.2, 0) is 21.4 Å². The molecule has 1 aromatic heterocycles. The summed E-state index contributed by atoms with van der Waals surface area (Å²) in [5, 5.41) is 10.2. The van der Waals surface area contributed by atoms with E-state index in [2.05, 4.69) is 4.98 Å². The number of hydrogen-bond donors (Lipinski definition) is 1. The maximum atomic E-state index is 14.7. The molecule has 1 aliphatic heterocycles. The summed E-state index contributed by atoms with van der Waals surface area (Å²) < 4.78 is 96.3. The summed E-state index contributed by atoms with van der Waals surface area (Å²) >= 11 is 0. The molecule has 5 nitrogen and oxygen atoms in total. The molecular formula is C15H13F6NO4.